The SMILES string of the molecule is c1ccc(C(=C2CC2)c2ccc3c(c2)C2(CCCCC2)c2cc(C4(c5ccccc5)CCC4)ccc2-3)cc1. The molecule has 4 aromatic carbocycles. The van der Waals surface area contributed by atoms with Crippen LogP contribution in [-0.4, -0.2) is 0 Å². The first-order valence-electron chi connectivity index (χ1n) is 14.9. The Morgan fingerprint density at radius 2 is 1.11 bits per heavy atom. The van der Waals surface area contributed by atoms with Crippen LogP contribution in [0.2, 0.25) is 0 Å². The van der Waals surface area contributed by atoms with E-state index in [-0.39, 0.29) is 10.8 Å². The van der Waals surface area contributed by atoms with Gasteiger partial charge < -0.3 is 0 Å². The molecule has 0 amide bonds. The molecule has 0 saturated heterocycles. The minimum atomic E-state index is 0.173. The Labute approximate surface area is 227 Å². The predicted molar refractivity (Wildman–Crippen MR) is 159 cm³/mol. The van der Waals surface area contributed by atoms with E-state index in [0.29, 0.717) is 0 Å². The van der Waals surface area contributed by atoms with E-state index in [2.05, 4.69) is 97.1 Å². The molecule has 0 atom stereocenters. The maximum absolute atomic E-state index is 2.67. The van der Waals surface area contributed by atoms with E-state index >= 15 is 0 Å². The fraction of sp³-hybridized carbons (Fsp3) is 0.316. The van der Waals surface area contributed by atoms with Gasteiger partial charge in [-0.3, -0.25) is 0 Å². The number of fused-ring (bicyclic) bond motifs is 5. The quantitative estimate of drug-likeness (QED) is 0.266. The van der Waals surface area contributed by atoms with E-state index in [1.54, 1.807) is 22.3 Å². The van der Waals surface area contributed by atoms with Gasteiger partial charge in [0.25, 0.3) is 0 Å². The van der Waals surface area contributed by atoms with Gasteiger partial charge in [-0.15, -0.1) is 0 Å². The molecule has 0 heterocycles. The highest BCUT2D eigenvalue weighted by Gasteiger charge is 2.46. The predicted octanol–water partition coefficient (Wildman–Crippen LogP) is 9.98. The van der Waals surface area contributed by atoms with Crippen LogP contribution < -0.4 is 0 Å². The monoisotopic (exact) mass is 492 g/mol. The molecule has 3 fully saturated rings. The van der Waals surface area contributed by atoms with Crippen molar-refractivity contribution in [3.05, 3.63) is 136 Å². The first-order chi connectivity index (χ1) is 18.8. The maximum atomic E-state index is 2.67. The summed E-state index contributed by atoms with van der Waals surface area (Å²) >= 11 is 0. The molecule has 0 unspecified atom stereocenters. The molecule has 0 radical (unpaired) electrons. The second-order valence-electron chi connectivity index (χ2n) is 12.3. The normalized spacial score (nSPS) is 19.9. The molecule has 0 heteroatoms. The van der Waals surface area contributed by atoms with E-state index in [9.17, 15) is 0 Å². The van der Waals surface area contributed by atoms with Gasteiger partial charge in [-0.25, -0.2) is 0 Å². The fourth-order valence-electron chi connectivity index (χ4n) is 8.17. The Morgan fingerprint density at radius 1 is 0.474 bits per heavy atom. The Kier molecular flexibility index (Phi) is 5.09. The van der Waals surface area contributed by atoms with Gasteiger partial charge in [0.1, 0.15) is 0 Å². The first kappa shape index (κ1) is 22.6. The zero-order valence-electron chi connectivity index (χ0n) is 22.3. The van der Waals surface area contributed by atoms with Crippen molar-refractivity contribution in [2.75, 3.05) is 0 Å². The molecule has 0 aromatic heterocycles. The molecular weight excluding hydrogens is 456 g/mol. The minimum Gasteiger partial charge on any atom is -0.0622 e. The van der Waals surface area contributed by atoms with E-state index in [4.69, 9.17) is 0 Å². The number of hydrogen-bond acceptors (Lipinski definition) is 0. The first-order valence-corrected chi connectivity index (χ1v) is 14.9. The summed E-state index contributed by atoms with van der Waals surface area (Å²) in [6.07, 6.45) is 13.0. The van der Waals surface area contributed by atoms with Gasteiger partial charge in [0.2, 0.25) is 0 Å². The summed E-state index contributed by atoms with van der Waals surface area (Å²) in [5.41, 5.74) is 15.6. The van der Waals surface area contributed by atoms with E-state index < -0.39 is 0 Å². The van der Waals surface area contributed by atoms with Gasteiger partial charge in [-0.05, 0) is 94.7 Å². The third kappa shape index (κ3) is 3.29. The molecule has 4 aromatic rings. The van der Waals surface area contributed by atoms with Gasteiger partial charge >= 0.3 is 0 Å². The molecule has 1 spiro atoms. The summed E-state index contributed by atoms with van der Waals surface area (Å²) in [5.74, 6) is 0. The van der Waals surface area contributed by atoms with E-state index in [0.717, 1.165) is 0 Å². The van der Waals surface area contributed by atoms with Crippen molar-refractivity contribution < 1.29 is 0 Å². The van der Waals surface area contributed by atoms with Crippen LogP contribution in [0.25, 0.3) is 16.7 Å². The van der Waals surface area contributed by atoms with Crippen LogP contribution in [0.1, 0.15) is 97.6 Å². The standard InChI is InChI=1S/C38H36/c1-4-11-27(12-5-1)36(28-15-16-28)29-17-19-32-33-20-18-31(37(23-10-24-37)30-13-6-2-7-14-30)26-35(33)38(34(32)25-29)21-8-3-9-22-38/h1-2,4-7,11-14,17-20,25-26H,3,8-10,15-16,21-24H2. The third-order valence-electron chi connectivity index (χ3n) is 10.4. The zero-order chi connectivity index (χ0) is 25.2. The Morgan fingerprint density at radius 3 is 1.76 bits per heavy atom. The van der Waals surface area contributed by atoms with Crippen molar-refractivity contribution in [2.45, 2.75) is 75.0 Å². The number of allylic oxidation sites excluding steroid dienone is 1. The van der Waals surface area contributed by atoms with Crippen LogP contribution in [0.15, 0.2) is 103 Å². The van der Waals surface area contributed by atoms with Gasteiger partial charge in [-0.1, -0.05) is 122 Å². The number of rotatable bonds is 4. The Balaban J connectivity index is 1.29. The molecule has 38 heavy (non-hydrogen) atoms. The molecule has 3 saturated carbocycles. The molecule has 0 bridgehead atoms. The average molecular weight is 493 g/mol. The van der Waals surface area contributed by atoms with Gasteiger partial charge in [-0.2, -0.15) is 0 Å². The second kappa shape index (κ2) is 8.57. The molecule has 0 N–H and O–H groups in total. The van der Waals surface area contributed by atoms with E-state index in [1.165, 1.54) is 97.6 Å². The summed E-state index contributed by atoms with van der Waals surface area (Å²) < 4.78 is 0. The van der Waals surface area contributed by atoms with Crippen LogP contribution in [0, 0.1) is 0 Å². The van der Waals surface area contributed by atoms with Crippen molar-refractivity contribution in [3.8, 4) is 11.1 Å². The van der Waals surface area contributed by atoms with Crippen molar-refractivity contribution in [2.24, 2.45) is 0 Å². The lowest BCUT2D eigenvalue weighted by molar-refractivity contribution is 0.300. The lowest BCUT2D eigenvalue weighted by Crippen LogP contribution is -2.36. The van der Waals surface area contributed by atoms with Crippen LogP contribution in [0.5, 0.6) is 0 Å². The van der Waals surface area contributed by atoms with Crippen LogP contribution >= 0.6 is 0 Å². The molecule has 8 rings (SSSR count). The Bertz CT molecular complexity index is 1540. The van der Waals surface area contributed by atoms with Crippen LogP contribution in [0.3, 0.4) is 0 Å². The number of benzene rings is 4. The van der Waals surface area contributed by atoms with Crippen LogP contribution in [-0.2, 0) is 10.8 Å². The van der Waals surface area contributed by atoms with Crippen LogP contribution in [0.4, 0.5) is 0 Å². The van der Waals surface area contributed by atoms with Gasteiger partial charge in [0.05, 0.1) is 0 Å². The van der Waals surface area contributed by atoms with Crippen molar-refractivity contribution in [1.29, 1.82) is 0 Å². The highest BCUT2D eigenvalue weighted by atomic mass is 14.5. The van der Waals surface area contributed by atoms with Gasteiger partial charge in [0.15, 0.2) is 0 Å². The molecular formula is C38H36. The molecule has 4 aliphatic rings. The summed E-state index contributed by atoms with van der Waals surface area (Å²) in [6.45, 7) is 0. The fourth-order valence-corrected chi connectivity index (χ4v) is 8.17. The molecule has 0 nitrogen and oxygen atoms in total. The second-order valence-corrected chi connectivity index (χ2v) is 12.3. The lowest BCUT2D eigenvalue weighted by atomic mass is 9.59. The topological polar surface area (TPSA) is 0 Å². The number of hydrogen-bond donors (Lipinski definition) is 0. The zero-order valence-corrected chi connectivity index (χ0v) is 22.3. The minimum absolute atomic E-state index is 0.173. The molecule has 4 aliphatic carbocycles. The lowest BCUT2D eigenvalue weighted by Gasteiger charge is -2.44. The average Bonchev–Trinajstić information content (AvgIpc) is 3.76. The highest BCUT2D eigenvalue weighted by Crippen LogP contribution is 2.58. The molecule has 0 aliphatic heterocycles. The van der Waals surface area contributed by atoms with Crippen molar-refractivity contribution in [1.82, 2.24) is 0 Å². The van der Waals surface area contributed by atoms with Crippen molar-refractivity contribution in [3.63, 3.8) is 0 Å². The molecule has 188 valence electrons. The maximum Gasteiger partial charge on any atom is 0.0215 e. The van der Waals surface area contributed by atoms with Crippen molar-refractivity contribution >= 4 is 5.57 Å². The Hall–Kier alpha value is -3.38. The third-order valence-corrected chi connectivity index (χ3v) is 10.4. The highest BCUT2D eigenvalue weighted by molar-refractivity contribution is 5.88. The largest absolute Gasteiger partial charge is 0.0622 e. The summed E-state index contributed by atoms with van der Waals surface area (Å²) in [7, 11) is 0. The summed E-state index contributed by atoms with van der Waals surface area (Å²) in [4.78, 5) is 0. The van der Waals surface area contributed by atoms with Gasteiger partial charge in [0, 0.05) is 10.8 Å². The summed E-state index contributed by atoms with van der Waals surface area (Å²) in [5, 5.41) is 0. The smallest absolute Gasteiger partial charge is 0.0215 e. The summed E-state index contributed by atoms with van der Waals surface area (Å²) in [6, 6.07) is 37.6. The van der Waals surface area contributed by atoms with E-state index in [1.807, 2.05) is 0 Å².